The second-order valence-electron chi connectivity index (χ2n) is 8.79. The Morgan fingerprint density at radius 3 is 2.96 bits per heavy atom. The van der Waals surface area contributed by atoms with Crippen LogP contribution in [0, 0.1) is 11.3 Å². The number of nitrogens with one attached hydrogen (secondary N) is 1. The van der Waals surface area contributed by atoms with E-state index in [0.717, 1.165) is 43.8 Å². The first-order chi connectivity index (χ1) is 12.8. The smallest absolute Gasteiger partial charge is 0.271 e. The van der Waals surface area contributed by atoms with Gasteiger partial charge in [-0.1, -0.05) is 20.8 Å². The summed E-state index contributed by atoms with van der Waals surface area (Å²) in [4.78, 5) is 29.7. The second-order valence-corrected chi connectivity index (χ2v) is 8.79. The Morgan fingerprint density at radius 1 is 1.37 bits per heavy atom. The van der Waals surface area contributed by atoms with Crippen LogP contribution in [0.25, 0.3) is 10.9 Å². The summed E-state index contributed by atoms with van der Waals surface area (Å²) in [7, 11) is 0. The Bertz CT molecular complexity index is 1000. The predicted octanol–water partition coefficient (Wildman–Crippen LogP) is 3.27. The van der Waals surface area contributed by atoms with Gasteiger partial charge in [-0.25, -0.2) is 10.4 Å². The minimum absolute atomic E-state index is 0.0156. The zero-order valence-electron chi connectivity index (χ0n) is 16.2. The number of nitrogens with zero attached hydrogens (tertiary/aromatic N) is 3. The van der Waals surface area contributed by atoms with Crippen LogP contribution in [-0.2, 0) is 13.0 Å². The van der Waals surface area contributed by atoms with Crippen LogP contribution in [0.1, 0.15) is 62.6 Å². The maximum Gasteiger partial charge on any atom is 0.271 e. The number of hydrazone groups is 1. The number of hydrogen-bond acceptors (Lipinski definition) is 4. The summed E-state index contributed by atoms with van der Waals surface area (Å²) in [6, 6.07) is 5.07. The molecule has 1 N–H and O–H groups in total. The largest absolute Gasteiger partial charge is 0.296 e. The summed E-state index contributed by atoms with van der Waals surface area (Å²) in [5.41, 5.74) is 5.00. The van der Waals surface area contributed by atoms with E-state index in [-0.39, 0.29) is 16.9 Å². The van der Waals surface area contributed by atoms with Crippen molar-refractivity contribution < 1.29 is 4.79 Å². The molecule has 0 unspecified atom stereocenters. The molecule has 1 atom stereocenters. The molecule has 4 rings (SSSR count). The Hall–Kier alpha value is -2.50. The Kier molecular flexibility index (Phi) is 4.36. The molecule has 0 radical (unpaired) electrons. The van der Waals surface area contributed by atoms with Gasteiger partial charge in [0.1, 0.15) is 5.82 Å². The second kappa shape index (κ2) is 6.59. The van der Waals surface area contributed by atoms with Crippen molar-refractivity contribution in [3.8, 4) is 0 Å². The van der Waals surface area contributed by atoms with Crippen molar-refractivity contribution >= 4 is 22.5 Å². The topological polar surface area (TPSA) is 76.3 Å². The molecule has 1 aromatic heterocycles. The number of aromatic nitrogens is 2. The van der Waals surface area contributed by atoms with Gasteiger partial charge in [0.05, 0.1) is 10.9 Å². The van der Waals surface area contributed by atoms with Crippen molar-refractivity contribution in [2.24, 2.45) is 16.4 Å². The molecular weight excluding hydrogens is 340 g/mol. The van der Waals surface area contributed by atoms with E-state index in [1.165, 1.54) is 6.42 Å². The fraction of sp³-hybridized carbons (Fsp3) is 0.524. The Morgan fingerprint density at radius 2 is 2.19 bits per heavy atom. The van der Waals surface area contributed by atoms with E-state index in [4.69, 9.17) is 0 Å². The monoisotopic (exact) mass is 366 g/mol. The molecule has 0 spiro atoms. The highest BCUT2D eigenvalue weighted by Crippen LogP contribution is 2.36. The SMILES string of the molecule is C[C@@H]1C/C(=N\NC(=O)c2ccc3c(=O)n4c(nc3c2)CCC4)CC(C)(C)C1. The summed E-state index contributed by atoms with van der Waals surface area (Å²) >= 11 is 0. The fourth-order valence-corrected chi connectivity index (χ4v) is 4.62. The summed E-state index contributed by atoms with van der Waals surface area (Å²) in [6.45, 7) is 7.44. The molecule has 1 aliphatic heterocycles. The van der Waals surface area contributed by atoms with E-state index < -0.39 is 0 Å². The lowest BCUT2D eigenvalue weighted by atomic mass is 9.72. The minimum Gasteiger partial charge on any atom is -0.296 e. The summed E-state index contributed by atoms with van der Waals surface area (Å²) in [5.74, 6) is 1.12. The predicted molar refractivity (Wildman–Crippen MR) is 106 cm³/mol. The van der Waals surface area contributed by atoms with Gasteiger partial charge in [0.2, 0.25) is 0 Å². The third-order valence-corrected chi connectivity index (χ3v) is 5.56. The lowest BCUT2D eigenvalue weighted by Gasteiger charge is -2.34. The highest BCUT2D eigenvalue weighted by atomic mass is 16.2. The number of aryl methyl sites for hydroxylation is 1. The van der Waals surface area contributed by atoms with Crippen molar-refractivity contribution in [3.05, 3.63) is 39.9 Å². The Labute approximate surface area is 158 Å². The summed E-state index contributed by atoms with van der Waals surface area (Å²) in [5, 5.41) is 4.95. The van der Waals surface area contributed by atoms with Gasteiger partial charge < -0.3 is 0 Å². The average molecular weight is 366 g/mol. The maximum atomic E-state index is 12.6. The first-order valence-electron chi connectivity index (χ1n) is 9.72. The number of benzene rings is 1. The zero-order chi connectivity index (χ0) is 19.2. The highest BCUT2D eigenvalue weighted by Gasteiger charge is 2.29. The van der Waals surface area contributed by atoms with Crippen LogP contribution in [0.5, 0.6) is 0 Å². The summed E-state index contributed by atoms with van der Waals surface area (Å²) in [6.07, 6.45) is 4.75. The van der Waals surface area contributed by atoms with E-state index in [1.54, 1.807) is 22.8 Å². The molecule has 6 heteroatoms. The van der Waals surface area contributed by atoms with Crippen molar-refractivity contribution in [2.45, 2.75) is 59.4 Å². The van der Waals surface area contributed by atoms with E-state index in [0.29, 0.717) is 22.4 Å². The number of rotatable bonds is 2. The maximum absolute atomic E-state index is 12.6. The van der Waals surface area contributed by atoms with Gasteiger partial charge in [-0.05, 0) is 55.2 Å². The number of hydrogen-bond donors (Lipinski definition) is 1. The molecule has 6 nitrogen and oxygen atoms in total. The van der Waals surface area contributed by atoms with Crippen LogP contribution in [-0.4, -0.2) is 21.2 Å². The standard InChI is InChI=1S/C21H26N4O2/c1-13-9-15(12-21(2,3)11-13)23-24-19(26)14-6-7-16-17(10-14)22-18-5-4-8-25(18)20(16)27/h6-7,10,13H,4-5,8-9,11-12H2,1-3H3,(H,24,26)/b23-15+/t13-/m1/s1. The molecule has 1 aliphatic carbocycles. The molecule has 1 saturated carbocycles. The van der Waals surface area contributed by atoms with Crippen molar-refractivity contribution in [2.75, 3.05) is 0 Å². The molecule has 2 aromatic rings. The van der Waals surface area contributed by atoms with Gasteiger partial charge in [0.15, 0.2) is 0 Å². The number of carbonyl (C=O) groups is 1. The van der Waals surface area contributed by atoms with Crippen LogP contribution in [0.4, 0.5) is 0 Å². The first kappa shape index (κ1) is 17.9. The number of amides is 1. The third kappa shape index (κ3) is 3.53. The molecule has 2 aliphatic rings. The normalized spacial score (nSPS) is 22.8. The van der Waals surface area contributed by atoms with Crippen LogP contribution < -0.4 is 11.0 Å². The fourth-order valence-electron chi connectivity index (χ4n) is 4.62. The third-order valence-electron chi connectivity index (χ3n) is 5.56. The van der Waals surface area contributed by atoms with Gasteiger partial charge in [-0.3, -0.25) is 14.2 Å². The molecule has 0 saturated heterocycles. The lowest BCUT2D eigenvalue weighted by Crippen LogP contribution is -2.30. The van der Waals surface area contributed by atoms with Crippen LogP contribution >= 0.6 is 0 Å². The molecule has 142 valence electrons. The highest BCUT2D eigenvalue weighted by molar-refractivity contribution is 5.98. The van der Waals surface area contributed by atoms with E-state index in [2.05, 4.69) is 36.3 Å². The molecule has 0 bridgehead atoms. The van der Waals surface area contributed by atoms with Gasteiger partial charge >= 0.3 is 0 Å². The van der Waals surface area contributed by atoms with Gasteiger partial charge in [-0.15, -0.1) is 0 Å². The lowest BCUT2D eigenvalue weighted by molar-refractivity contribution is 0.0954. The Balaban J connectivity index is 1.57. The van der Waals surface area contributed by atoms with E-state index >= 15 is 0 Å². The minimum atomic E-state index is -0.261. The van der Waals surface area contributed by atoms with Crippen LogP contribution in [0.2, 0.25) is 0 Å². The van der Waals surface area contributed by atoms with Gasteiger partial charge in [0, 0.05) is 24.2 Å². The molecule has 1 aromatic carbocycles. The average Bonchev–Trinajstić information content (AvgIpc) is 3.06. The van der Waals surface area contributed by atoms with Crippen molar-refractivity contribution in [1.29, 1.82) is 0 Å². The molecule has 1 fully saturated rings. The summed E-state index contributed by atoms with van der Waals surface area (Å²) < 4.78 is 1.74. The van der Waals surface area contributed by atoms with E-state index in [1.807, 2.05) is 0 Å². The number of fused-ring (bicyclic) bond motifs is 2. The van der Waals surface area contributed by atoms with Crippen LogP contribution in [0.15, 0.2) is 28.1 Å². The molecular formula is C21H26N4O2. The van der Waals surface area contributed by atoms with Crippen LogP contribution in [0.3, 0.4) is 0 Å². The molecule has 2 heterocycles. The quantitative estimate of drug-likeness (QED) is 0.829. The van der Waals surface area contributed by atoms with Crippen molar-refractivity contribution in [1.82, 2.24) is 15.0 Å². The van der Waals surface area contributed by atoms with Gasteiger partial charge in [-0.2, -0.15) is 5.10 Å². The van der Waals surface area contributed by atoms with Crippen molar-refractivity contribution in [3.63, 3.8) is 0 Å². The molecule has 27 heavy (non-hydrogen) atoms. The van der Waals surface area contributed by atoms with E-state index in [9.17, 15) is 9.59 Å². The first-order valence-corrected chi connectivity index (χ1v) is 9.72. The van der Waals surface area contributed by atoms with Gasteiger partial charge in [0.25, 0.3) is 11.5 Å². The zero-order valence-corrected chi connectivity index (χ0v) is 16.2. The molecule has 1 amide bonds. The number of carbonyl (C=O) groups excluding carboxylic acids is 1.